The van der Waals surface area contributed by atoms with Crippen LogP contribution in [0.25, 0.3) is 10.8 Å². The summed E-state index contributed by atoms with van der Waals surface area (Å²) >= 11 is 4.76. The molecule has 4 nitrogen and oxygen atoms in total. The largest absolute Gasteiger partial charge is 0.476 e. The van der Waals surface area contributed by atoms with E-state index < -0.39 is 5.97 Å². The summed E-state index contributed by atoms with van der Waals surface area (Å²) in [5.74, 6) is -0.402. The molecule has 0 aliphatic rings. The van der Waals surface area contributed by atoms with Crippen molar-refractivity contribution in [3.8, 4) is 10.8 Å². The van der Waals surface area contributed by atoms with Crippen LogP contribution in [0.2, 0.25) is 0 Å². The number of nitrogens with zero attached hydrogens (tertiary/aromatic N) is 1. The quantitative estimate of drug-likeness (QED) is 0.921. The number of aromatic carboxylic acids is 1. The highest BCUT2D eigenvalue weighted by Crippen LogP contribution is 2.31. The van der Waals surface area contributed by atoms with Crippen molar-refractivity contribution in [2.24, 2.45) is 0 Å². The highest BCUT2D eigenvalue weighted by Gasteiger charge is 2.17. The van der Waals surface area contributed by atoms with Gasteiger partial charge in [-0.15, -0.1) is 11.3 Å². The first kappa shape index (κ1) is 10.4. The molecule has 15 heavy (non-hydrogen) atoms. The Morgan fingerprint density at radius 1 is 1.60 bits per heavy atom. The van der Waals surface area contributed by atoms with E-state index in [2.05, 4.69) is 20.9 Å². The van der Waals surface area contributed by atoms with Crippen LogP contribution in [0, 0.1) is 6.92 Å². The van der Waals surface area contributed by atoms with Crippen LogP contribution in [0.15, 0.2) is 20.3 Å². The van der Waals surface area contributed by atoms with E-state index in [0.717, 1.165) is 8.66 Å². The summed E-state index contributed by atoms with van der Waals surface area (Å²) in [7, 11) is 0. The molecule has 2 heterocycles. The summed E-state index contributed by atoms with van der Waals surface area (Å²) in [6.45, 7) is 1.59. The fourth-order valence-electron chi connectivity index (χ4n) is 1.13. The van der Waals surface area contributed by atoms with Crippen molar-refractivity contribution in [1.82, 2.24) is 4.98 Å². The van der Waals surface area contributed by atoms with Gasteiger partial charge < -0.3 is 9.52 Å². The molecule has 2 aromatic heterocycles. The number of aromatic nitrogens is 1. The van der Waals surface area contributed by atoms with Gasteiger partial charge in [0.05, 0.1) is 8.66 Å². The minimum Gasteiger partial charge on any atom is -0.476 e. The van der Waals surface area contributed by atoms with Crippen molar-refractivity contribution >= 4 is 33.2 Å². The maximum Gasteiger partial charge on any atom is 0.358 e. The van der Waals surface area contributed by atoms with Crippen molar-refractivity contribution in [1.29, 1.82) is 0 Å². The normalized spacial score (nSPS) is 10.5. The molecule has 6 heteroatoms. The third kappa shape index (κ3) is 1.95. The number of thiophene rings is 1. The van der Waals surface area contributed by atoms with Gasteiger partial charge in [0.2, 0.25) is 5.89 Å². The highest BCUT2D eigenvalue weighted by atomic mass is 79.9. The zero-order chi connectivity index (χ0) is 11.0. The minimum atomic E-state index is -1.07. The number of oxazole rings is 1. The van der Waals surface area contributed by atoms with Gasteiger partial charge in [-0.25, -0.2) is 9.78 Å². The first-order valence-corrected chi connectivity index (χ1v) is 5.65. The Labute approximate surface area is 97.7 Å². The maximum atomic E-state index is 10.7. The number of carboxylic acid groups (broad SMARTS) is 1. The van der Waals surface area contributed by atoms with Crippen LogP contribution in [-0.2, 0) is 0 Å². The van der Waals surface area contributed by atoms with E-state index in [0.29, 0.717) is 11.7 Å². The van der Waals surface area contributed by atoms with Gasteiger partial charge in [-0.05, 0) is 35.0 Å². The standard InChI is InChI=1S/C9H6BrNO3S/c1-4-7(9(12)13)11-8(14-4)5-2-3-6(10)15-5/h2-3H,1H3,(H,12,13). The Hall–Kier alpha value is -1.14. The van der Waals surface area contributed by atoms with Gasteiger partial charge in [0.15, 0.2) is 5.69 Å². The van der Waals surface area contributed by atoms with E-state index in [1.807, 2.05) is 12.1 Å². The van der Waals surface area contributed by atoms with Crippen molar-refractivity contribution in [3.63, 3.8) is 0 Å². The Bertz CT molecular complexity index is 517. The topological polar surface area (TPSA) is 63.3 Å². The molecule has 0 amide bonds. The van der Waals surface area contributed by atoms with Crippen LogP contribution in [-0.4, -0.2) is 16.1 Å². The predicted octanol–water partition coefficient (Wildman–Crippen LogP) is 3.17. The summed E-state index contributed by atoms with van der Waals surface area (Å²) in [6.07, 6.45) is 0. The van der Waals surface area contributed by atoms with Crippen LogP contribution in [0.4, 0.5) is 0 Å². The molecule has 0 aliphatic carbocycles. The van der Waals surface area contributed by atoms with Gasteiger partial charge in [-0.1, -0.05) is 0 Å². The first-order valence-electron chi connectivity index (χ1n) is 4.04. The monoisotopic (exact) mass is 287 g/mol. The van der Waals surface area contributed by atoms with Crippen LogP contribution in [0.1, 0.15) is 16.2 Å². The second kappa shape index (κ2) is 3.79. The predicted molar refractivity (Wildman–Crippen MR) is 59.2 cm³/mol. The fourth-order valence-corrected chi connectivity index (χ4v) is 2.44. The molecular weight excluding hydrogens is 282 g/mol. The average Bonchev–Trinajstić information content (AvgIpc) is 2.71. The van der Waals surface area contributed by atoms with Crippen LogP contribution < -0.4 is 0 Å². The summed E-state index contributed by atoms with van der Waals surface area (Å²) in [5.41, 5.74) is -0.0328. The molecule has 0 unspecified atom stereocenters. The lowest BCUT2D eigenvalue weighted by Gasteiger charge is -1.85. The Balaban J connectivity index is 2.46. The molecule has 0 saturated carbocycles. The Morgan fingerprint density at radius 2 is 2.33 bits per heavy atom. The summed E-state index contributed by atoms with van der Waals surface area (Å²) in [5, 5.41) is 8.80. The summed E-state index contributed by atoms with van der Waals surface area (Å²) in [4.78, 5) is 15.5. The molecule has 2 rings (SSSR count). The number of carboxylic acids is 1. The van der Waals surface area contributed by atoms with Crippen LogP contribution in [0.5, 0.6) is 0 Å². The van der Waals surface area contributed by atoms with E-state index in [9.17, 15) is 4.79 Å². The van der Waals surface area contributed by atoms with E-state index in [4.69, 9.17) is 9.52 Å². The molecule has 0 bridgehead atoms. The highest BCUT2D eigenvalue weighted by molar-refractivity contribution is 9.11. The zero-order valence-electron chi connectivity index (χ0n) is 7.65. The molecule has 1 N–H and O–H groups in total. The van der Waals surface area contributed by atoms with E-state index in [1.165, 1.54) is 11.3 Å². The molecule has 0 atom stereocenters. The molecule has 0 radical (unpaired) electrons. The van der Waals surface area contributed by atoms with E-state index >= 15 is 0 Å². The number of rotatable bonds is 2. The first-order chi connectivity index (χ1) is 7.08. The maximum absolute atomic E-state index is 10.7. The molecule has 0 fully saturated rings. The number of halogens is 1. The van der Waals surface area contributed by atoms with Gasteiger partial charge >= 0.3 is 5.97 Å². The van der Waals surface area contributed by atoms with Gasteiger partial charge in [0.1, 0.15) is 5.76 Å². The van der Waals surface area contributed by atoms with Gasteiger partial charge in [-0.3, -0.25) is 0 Å². The number of aryl methyl sites for hydroxylation is 1. The average molecular weight is 288 g/mol. The molecule has 0 aliphatic heterocycles. The summed E-state index contributed by atoms with van der Waals surface area (Å²) < 4.78 is 6.22. The second-order valence-corrected chi connectivity index (χ2v) is 5.30. The third-order valence-electron chi connectivity index (χ3n) is 1.78. The fraction of sp³-hybridized carbons (Fsp3) is 0.111. The van der Waals surface area contributed by atoms with Gasteiger partial charge in [0.25, 0.3) is 0 Å². The van der Waals surface area contributed by atoms with Gasteiger partial charge in [0, 0.05) is 0 Å². The minimum absolute atomic E-state index is 0.0328. The number of carbonyl (C=O) groups is 1. The second-order valence-electron chi connectivity index (χ2n) is 2.83. The molecule has 78 valence electrons. The molecular formula is C9H6BrNO3S. The van der Waals surface area contributed by atoms with Crippen molar-refractivity contribution in [2.75, 3.05) is 0 Å². The number of hydrogen-bond acceptors (Lipinski definition) is 4. The number of hydrogen-bond donors (Lipinski definition) is 1. The SMILES string of the molecule is Cc1oc(-c2ccc(Br)s2)nc1C(=O)O. The van der Waals surface area contributed by atoms with Crippen molar-refractivity contribution < 1.29 is 14.3 Å². The van der Waals surface area contributed by atoms with Crippen LogP contribution >= 0.6 is 27.3 Å². The molecule has 0 spiro atoms. The molecule has 0 saturated heterocycles. The lowest BCUT2D eigenvalue weighted by Crippen LogP contribution is -1.98. The summed E-state index contributed by atoms with van der Waals surface area (Å²) in [6, 6.07) is 3.69. The molecule has 0 aromatic carbocycles. The van der Waals surface area contributed by atoms with E-state index in [1.54, 1.807) is 6.92 Å². The van der Waals surface area contributed by atoms with Crippen LogP contribution in [0.3, 0.4) is 0 Å². The van der Waals surface area contributed by atoms with Gasteiger partial charge in [-0.2, -0.15) is 0 Å². The Morgan fingerprint density at radius 3 is 2.80 bits per heavy atom. The van der Waals surface area contributed by atoms with Crippen molar-refractivity contribution in [2.45, 2.75) is 6.92 Å². The van der Waals surface area contributed by atoms with E-state index in [-0.39, 0.29) is 5.69 Å². The third-order valence-corrected chi connectivity index (χ3v) is 3.39. The zero-order valence-corrected chi connectivity index (χ0v) is 10.1. The lowest BCUT2D eigenvalue weighted by molar-refractivity contribution is 0.0689. The Kier molecular flexibility index (Phi) is 2.62. The van der Waals surface area contributed by atoms with Crippen molar-refractivity contribution in [3.05, 3.63) is 27.4 Å². The lowest BCUT2D eigenvalue weighted by atomic mass is 10.4. The smallest absolute Gasteiger partial charge is 0.358 e. The molecule has 2 aromatic rings.